The smallest absolute Gasteiger partial charge is 0.254 e. The van der Waals surface area contributed by atoms with Crippen molar-refractivity contribution in [1.29, 1.82) is 0 Å². The summed E-state index contributed by atoms with van der Waals surface area (Å²) in [6, 6.07) is 22.3. The Balaban J connectivity index is 1.75. The average Bonchev–Trinajstić information content (AvgIpc) is 2.92. The van der Waals surface area contributed by atoms with Gasteiger partial charge in [-0.1, -0.05) is 71.7 Å². The highest BCUT2D eigenvalue weighted by Gasteiger charge is 2.48. The summed E-state index contributed by atoms with van der Waals surface area (Å²) in [6.07, 6.45) is 0. The average molecular weight is 384 g/mol. The lowest BCUT2D eigenvalue weighted by Gasteiger charge is -2.23. The van der Waals surface area contributed by atoms with Gasteiger partial charge < -0.3 is 10.1 Å². The molecule has 1 aliphatic heterocycles. The standard InChI is InChI=1S/C21H15Cl2NO2/c22-15-10-11-18-17(12-15)21(23,20(25)24-18)16-8-4-5-9-19(16)26-13-14-6-2-1-3-7-14/h1-12H,13H2,(H,24,25). The lowest BCUT2D eigenvalue weighted by Crippen LogP contribution is -2.30. The van der Waals surface area contributed by atoms with E-state index in [0.29, 0.717) is 34.2 Å². The van der Waals surface area contributed by atoms with Gasteiger partial charge in [0.1, 0.15) is 12.4 Å². The monoisotopic (exact) mass is 383 g/mol. The van der Waals surface area contributed by atoms with Crippen LogP contribution in [-0.2, 0) is 16.3 Å². The Kier molecular flexibility index (Phi) is 4.35. The van der Waals surface area contributed by atoms with Gasteiger partial charge in [-0.2, -0.15) is 0 Å². The summed E-state index contributed by atoms with van der Waals surface area (Å²) in [6.45, 7) is 0.384. The molecule has 3 nitrogen and oxygen atoms in total. The number of carbonyl (C=O) groups is 1. The second-order valence-electron chi connectivity index (χ2n) is 6.07. The zero-order valence-electron chi connectivity index (χ0n) is 13.7. The van der Waals surface area contributed by atoms with Crippen LogP contribution in [0.3, 0.4) is 0 Å². The second kappa shape index (κ2) is 6.67. The molecule has 0 saturated carbocycles. The van der Waals surface area contributed by atoms with Gasteiger partial charge in [-0.05, 0) is 29.8 Å². The summed E-state index contributed by atoms with van der Waals surface area (Å²) >= 11 is 13.0. The van der Waals surface area contributed by atoms with Crippen LogP contribution in [0.1, 0.15) is 16.7 Å². The Hall–Kier alpha value is -2.49. The highest BCUT2D eigenvalue weighted by molar-refractivity contribution is 6.41. The van der Waals surface area contributed by atoms with Crippen molar-refractivity contribution in [2.75, 3.05) is 5.32 Å². The van der Waals surface area contributed by atoms with Crippen molar-refractivity contribution in [3.05, 3.63) is 94.5 Å². The molecule has 1 N–H and O–H groups in total. The molecule has 26 heavy (non-hydrogen) atoms. The van der Waals surface area contributed by atoms with E-state index in [1.54, 1.807) is 18.2 Å². The van der Waals surface area contributed by atoms with Crippen molar-refractivity contribution < 1.29 is 9.53 Å². The minimum Gasteiger partial charge on any atom is -0.489 e. The molecule has 1 aliphatic rings. The number of nitrogens with one attached hydrogen (secondary N) is 1. The van der Waals surface area contributed by atoms with E-state index < -0.39 is 4.87 Å². The van der Waals surface area contributed by atoms with Crippen molar-refractivity contribution in [3.63, 3.8) is 0 Å². The molecule has 0 spiro atoms. The number of benzene rings is 3. The first-order valence-corrected chi connectivity index (χ1v) is 8.91. The van der Waals surface area contributed by atoms with Crippen LogP contribution >= 0.6 is 23.2 Å². The van der Waals surface area contributed by atoms with Gasteiger partial charge in [-0.25, -0.2) is 0 Å². The molecule has 1 heterocycles. The van der Waals surface area contributed by atoms with Crippen LogP contribution in [0.25, 0.3) is 0 Å². The Morgan fingerprint density at radius 3 is 2.46 bits per heavy atom. The lowest BCUT2D eigenvalue weighted by molar-refractivity contribution is -0.117. The first-order valence-electron chi connectivity index (χ1n) is 8.15. The van der Waals surface area contributed by atoms with Gasteiger partial charge in [-0.15, -0.1) is 0 Å². The molecule has 1 unspecified atom stereocenters. The van der Waals surface area contributed by atoms with Gasteiger partial charge in [0.05, 0.1) is 0 Å². The maximum absolute atomic E-state index is 12.7. The fourth-order valence-electron chi connectivity index (χ4n) is 3.12. The van der Waals surface area contributed by atoms with E-state index in [1.807, 2.05) is 54.6 Å². The van der Waals surface area contributed by atoms with Gasteiger partial charge in [0.2, 0.25) is 0 Å². The third kappa shape index (κ3) is 2.83. The predicted molar refractivity (Wildman–Crippen MR) is 104 cm³/mol. The first-order chi connectivity index (χ1) is 12.6. The van der Waals surface area contributed by atoms with Gasteiger partial charge in [0.15, 0.2) is 4.87 Å². The minimum absolute atomic E-state index is 0.313. The highest BCUT2D eigenvalue weighted by atomic mass is 35.5. The van der Waals surface area contributed by atoms with E-state index in [0.717, 1.165) is 5.56 Å². The third-order valence-electron chi connectivity index (χ3n) is 4.41. The molecule has 0 saturated heterocycles. The van der Waals surface area contributed by atoms with E-state index >= 15 is 0 Å². The number of halogens is 2. The maximum atomic E-state index is 12.7. The summed E-state index contributed by atoms with van der Waals surface area (Å²) in [5, 5.41) is 3.35. The number of hydrogen-bond acceptors (Lipinski definition) is 2. The van der Waals surface area contributed by atoms with Gasteiger partial charge in [0.25, 0.3) is 5.91 Å². The van der Waals surface area contributed by atoms with E-state index in [2.05, 4.69) is 5.32 Å². The number of carbonyl (C=O) groups excluding carboxylic acids is 1. The molecule has 1 amide bonds. The van der Waals surface area contributed by atoms with Crippen LogP contribution in [0.4, 0.5) is 5.69 Å². The van der Waals surface area contributed by atoms with E-state index in [4.69, 9.17) is 27.9 Å². The van der Waals surface area contributed by atoms with E-state index in [9.17, 15) is 4.79 Å². The van der Waals surface area contributed by atoms with Crippen LogP contribution in [0.15, 0.2) is 72.8 Å². The molecular weight excluding hydrogens is 369 g/mol. The third-order valence-corrected chi connectivity index (χ3v) is 5.22. The summed E-state index contributed by atoms with van der Waals surface area (Å²) in [4.78, 5) is 11.4. The first kappa shape index (κ1) is 17.0. The van der Waals surface area contributed by atoms with Crippen LogP contribution in [0.2, 0.25) is 5.02 Å². The molecule has 0 radical (unpaired) electrons. The number of amides is 1. The van der Waals surface area contributed by atoms with Crippen molar-refractivity contribution in [2.45, 2.75) is 11.5 Å². The van der Waals surface area contributed by atoms with Crippen molar-refractivity contribution >= 4 is 34.8 Å². The largest absolute Gasteiger partial charge is 0.489 e. The molecule has 1 atom stereocenters. The fourth-order valence-corrected chi connectivity index (χ4v) is 3.65. The topological polar surface area (TPSA) is 38.3 Å². The van der Waals surface area contributed by atoms with Crippen LogP contribution < -0.4 is 10.1 Å². The second-order valence-corrected chi connectivity index (χ2v) is 7.08. The van der Waals surface area contributed by atoms with Crippen molar-refractivity contribution in [1.82, 2.24) is 0 Å². The van der Waals surface area contributed by atoms with Gasteiger partial charge >= 0.3 is 0 Å². The van der Waals surface area contributed by atoms with E-state index in [-0.39, 0.29) is 5.91 Å². The van der Waals surface area contributed by atoms with Crippen LogP contribution in [-0.4, -0.2) is 5.91 Å². The fraction of sp³-hybridized carbons (Fsp3) is 0.0952. The summed E-state index contributed by atoms with van der Waals surface area (Å²) in [5.41, 5.74) is 2.92. The quantitative estimate of drug-likeness (QED) is 0.616. The number of rotatable bonds is 4. The van der Waals surface area contributed by atoms with E-state index in [1.165, 1.54) is 0 Å². The molecule has 130 valence electrons. The molecule has 3 aromatic rings. The lowest BCUT2D eigenvalue weighted by atomic mass is 9.91. The van der Waals surface area contributed by atoms with Crippen molar-refractivity contribution in [3.8, 4) is 5.75 Å². The van der Waals surface area contributed by atoms with Gasteiger partial charge in [-0.3, -0.25) is 4.79 Å². The Morgan fingerprint density at radius 2 is 1.65 bits per heavy atom. The molecular formula is C21H15Cl2NO2. The highest BCUT2D eigenvalue weighted by Crippen LogP contribution is 2.49. The molecule has 5 heteroatoms. The number of hydrogen-bond donors (Lipinski definition) is 1. The molecule has 0 aromatic heterocycles. The molecule has 4 rings (SSSR count). The van der Waals surface area contributed by atoms with Crippen molar-refractivity contribution in [2.24, 2.45) is 0 Å². The maximum Gasteiger partial charge on any atom is 0.254 e. The molecule has 0 aliphatic carbocycles. The Morgan fingerprint density at radius 1 is 0.923 bits per heavy atom. The number of alkyl halides is 1. The molecule has 0 bridgehead atoms. The van der Waals surface area contributed by atoms with Gasteiger partial charge in [0, 0.05) is 21.8 Å². The predicted octanol–water partition coefficient (Wildman–Crippen LogP) is 5.35. The summed E-state index contributed by atoms with van der Waals surface area (Å²) in [7, 11) is 0. The molecule has 3 aromatic carbocycles. The zero-order valence-corrected chi connectivity index (χ0v) is 15.2. The number of para-hydroxylation sites is 1. The summed E-state index contributed by atoms with van der Waals surface area (Å²) in [5.74, 6) is 0.251. The number of fused-ring (bicyclic) bond motifs is 1. The van der Waals surface area contributed by atoms with Crippen LogP contribution in [0.5, 0.6) is 5.75 Å². The Labute approximate surface area is 161 Å². The summed E-state index contributed by atoms with van der Waals surface area (Å²) < 4.78 is 6.00. The molecule has 0 fully saturated rings. The number of ether oxygens (including phenoxy) is 1. The zero-order chi connectivity index (χ0) is 18.1. The van der Waals surface area contributed by atoms with Crippen LogP contribution in [0, 0.1) is 0 Å². The number of anilines is 1. The Bertz CT molecular complexity index is 975. The SMILES string of the molecule is O=C1Nc2ccc(Cl)cc2C1(Cl)c1ccccc1OCc1ccccc1. The minimum atomic E-state index is -1.38. The normalized spacial score (nSPS) is 18.3.